The van der Waals surface area contributed by atoms with Gasteiger partial charge in [0.05, 0.1) is 0 Å². The van der Waals surface area contributed by atoms with Gasteiger partial charge in [0, 0.05) is 19.3 Å². The third-order valence-corrected chi connectivity index (χ3v) is 8.34. The van der Waals surface area contributed by atoms with E-state index in [9.17, 15) is 14.4 Å². The van der Waals surface area contributed by atoms with Crippen molar-refractivity contribution in [2.75, 3.05) is 13.2 Å². The van der Waals surface area contributed by atoms with Crippen LogP contribution in [0, 0.1) is 0 Å². The number of esters is 3. The quantitative estimate of drug-likeness (QED) is 0.0207. The molecule has 0 amide bonds. The first kappa shape index (κ1) is 51.8. The Kier molecular flexibility index (Phi) is 40.3. The van der Waals surface area contributed by atoms with Gasteiger partial charge < -0.3 is 14.2 Å². The lowest BCUT2D eigenvalue weighted by Gasteiger charge is -2.18. The summed E-state index contributed by atoms with van der Waals surface area (Å²) >= 11 is 0. The standard InChI is InChI=1S/C50H76O6/c1-4-7-10-13-16-19-22-23-24-25-26-27-29-31-34-37-40-43-49(52)55-46-47(45-54-48(51)42-39-36-33-30-21-18-15-12-9-6-3)56-50(53)44-41-38-35-32-28-20-17-14-11-8-5-2/h7-8,10-11,13,15-20,22-27,29,32,35,47H,4-6,9,12,14,21,28,30-31,33-34,36-46H2,1-3H3/b10-7-,11-8-,16-13-,18-15-,20-17-,22-19-,24-23-,26-25+,29-27-,35-32-. The Balaban J connectivity index is 4.57. The van der Waals surface area contributed by atoms with Crippen molar-refractivity contribution in [3.05, 3.63) is 122 Å². The number of carbonyl (C=O) groups excluding carboxylic acids is 3. The number of allylic oxidation sites excluding steroid dienone is 20. The molecule has 0 aliphatic heterocycles. The predicted molar refractivity (Wildman–Crippen MR) is 237 cm³/mol. The van der Waals surface area contributed by atoms with Crippen LogP contribution in [0.2, 0.25) is 0 Å². The number of unbranched alkanes of at least 4 members (excludes halogenated alkanes) is 10. The molecule has 0 aliphatic rings. The summed E-state index contributed by atoms with van der Waals surface area (Å²) in [6, 6.07) is 0. The minimum absolute atomic E-state index is 0.123. The van der Waals surface area contributed by atoms with E-state index in [2.05, 4.69) is 81.5 Å². The topological polar surface area (TPSA) is 78.9 Å². The van der Waals surface area contributed by atoms with Crippen LogP contribution in [0.25, 0.3) is 0 Å². The van der Waals surface area contributed by atoms with Crippen LogP contribution in [-0.4, -0.2) is 37.2 Å². The van der Waals surface area contributed by atoms with Crippen LogP contribution in [0.4, 0.5) is 0 Å². The lowest BCUT2D eigenvalue weighted by molar-refractivity contribution is -0.167. The Bertz CT molecular complexity index is 1260. The van der Waals surface area contributed by atoms with Gasteiger partial charge in [0.1, 0.15) is 13.2 Å². The zero-order valence-corrected chi connectivity index (χ0v) is 35.3. The normalized spacial score (nSPS) is 13.3. The molecular formula is C50H76O6. The number of hydrogen-bond donors (Lipinski definition) is 0. The summed E-state index contributed by atoms with van der Waals surface area (Å²) in [4.78, 5) is 37.6. The van der Waals surface area contributed by atoms with Crippen molar-refractivity contribution < 1.29 is 28.6 Å². The largest absolute Gasteiger partial charge is 0.462 e. The molecule has 1 unspecified atom stereocenters. The van der Waals surface area contributed by atoms with Gasteiger partial charge in [-0.3, -0.25) is 14.4 Å². The zero-order chi connectivity index (χ0) is 40.8. The van der Waals surface area contributed by atoms with Crippen molar-refractivity contribution in [1.82, 2.24) is 0 Å². The minimum atomic E-state index is -0.828. The van der Waals surface area contributed by atoms with Crippen molar-refractivity contribution in [2.24, 2.45) is 0 Å². The molecule has 0 bridgehead atoms. The second-order valence-corrected chi connectivity index (χ2v) is 13.6. The third kappa shape index (κ3) is 41.0. The molecule has 0 rings (SSSR count). The molecule has 1 atom stereocenters. The van der Waals surface area contributed by atoms with Crippen LogP contribution in [0.15, 0.2) is 122 Å². The second-order valence-electron chi connectivity index (χ2n) is 13.6. The highest BCUT2D eigenvalue weighted by molar-refractivity contribution is 5.71. The van der Waals surface area contributed by atoms with Crippen molar-refractivity contribution in [1.29, 1.82) is 0 Å². The van der Waals surface area contributed by atoms with Crippen molar-refractivity contribution >= 4 is 17.9 Å². The molecule has 0 aliphatic carbocycles. The first-order valence-corrected chi connectivity index (χ1v) is 21.6. The van der Waals surface area contributed by atoms with E-state index in [4.69, 9.17) is 14.2 Å². The third-order valence-electron chi connectivity index (χ3n) is 8.34. The Morgan fingerprint density at radius 1 is 0.393 bits per heavy atom. The van der Waals surface area contributed by atoms with Gasteiger partial charge in [-0.15, -0.1) is 0 Å². The van der Waals surface area contributed by atoms with Crippen LogP contribution in [0.5, 0.6) is 0 Å². The first-order chi connectivity index (χ1) is 27.5. The van der Waals surface area contributed by atoms with Crippen molar-refractivity contribution in [3.8, 4) is 0 Å². The van der Waals surface area contributed by atoms with E-state index in [0.717, 1.165) is 89.9 Å². The van der Waals surface area contributed by atoms with Gasteiger partial charge in [-0.05, 0) is 83.5 Å². The summed E-state index contributed by atoms with van der Waals surface area (Å²) in [7, 11) is 0. The molecule has 0 radical (unpaired) electrons. The van der Waals surface area contributed by atoms with E-state index in [0.29, 0.717) is 19.3 Å². The van der Waals surface area contributed by atoms with Gasteiger partial charge in [-0.25, -0.2) is 0 Å². The van der Waals surface area contributed by atoms with Crippen LogP contribution >= 0.6 is 0 Å². The second kappa shape index (κ2) is 43.5. The predicted octanol–water partition coefficient (Wildman–Crippen LogP) is 13.8. The first-order valence-electron chi connectivity index (χ1n) is 21.6. The molecule has 0 spiro atoms. The fourth-order valence-corrected chi connectivity index (χ4v) is 5.12. The van der Waals surface area contributed by atoms with Crippen molar-refractivity contribution in [2.45, 2.75) is 162 Å². The average Bonchev–Trinajstić information content (AvgIpc) is 3.19. The lowest BCUT2D eigenvalue weighted by Crippen LogP contribution is -2.30. The van der Waals surface area contributed by atoms with Crippen LogP contribution in [0.1, 0.15) is 156 Å². The molecule has 0 saturated heterocycles. The van der Waals surface area contributed by atoms with Gasteiger partial charge in [0.2, 0.25) is 0 Å². The molecule has 56 heavy (non-hydrogen) atoms. The molecular weight excluding hydrogens is 697 g/mol. The summed E-state index contributed by atoms with van der Waals surface area (Å²) < 4.78 is 16.6. The Hall–Kier alpha value is -4.19. The summed E-state index contributed by atoms with van der Waals surface area (Å²) in [5.41, 5.74) is 0. The van der Waals surface area contributed by atoms with Crippen LogP contribution < -0.4 is 0 Å². The highest BCUT2D eigenvalue weighted by Crippen LogP contribution is 2.10. The van der Waals surface area contributed by atoms with Crippen LogP contribution in [0.3, 0.4) is 0 Å². The minimum Gasteiger partial charge on any atom is -0.462 e. The summed E-state index contributed by atoms with van der Waals surface area (Å²) in [5, 5.41) is 0. The van der Waals surface area contributed by atoms with Crippen LogP contribution in [-0.2, 0) is 28.6 Å². The SMILES string of the molecule is CC\C=C/C=C\C=C/C=C\C=C\C=C/CCCCCC(=O)OCC(COC(=O)CCCCCC/C=C\CCCC)OC(=O)CCC/C=C\C/C=C\C/C=C\CC. The monoisotopic (exact) mass is 773 g/mol. The van der Waals surface area contributed by atoms with Gasteiger partial charge >= 0.3 is 17.9 Å². The number of rotatable bonds is 36. The van der Waals surface area contributed by atoms with Gasteiger partial charge in [-0.1, -0.05) is 174 Å². The summed E-state index contributed by atoms with van der Waals surface area (Å²) in [5.74, 6) is -1.05. The zero-order valence-electron chi connectivity index (χ0n) is 35.3. The number of ether oxygens (including phenoxy) is 3. The molecule has 0 heterocycles. The average molecular weight is 773 g/mol. The van der Waals surface area contributed by atoms with E-state index in [1.165, 1.54) is 12.8 Å². The molecule has 0 saturated carbocycles. The highest BCUT2D eigenvalue weighted by Gasteiger charge is 2.19. The van der Waals surface area contributed by atoms with E-state index in [-0.39, 0.29) is 44.0 Å². The molecule has 0 aromatic rings. The van der Waals surface area contributed by atoms with E-state index >= 15 is 0 Å². The maximum atomic E-state index is 12.7. The van der Waals surface area contributed by atoms with E-state index < -0.39 is 6.10 Å². The fourth-order valence-electron chi connectivity index (χ4n) is 5.12. The van der Waals surface area contributed by atoms with E-state index in [1.54, 1.807) is 0 Å². The Labute approximate surface area is 342 Å². The molecule has 0 fully saturated rings. The molecule has 0 N–H and O–H groups in total. The van der Waals surface area contributed by atoms with E-state index in [1.807, 2.05) is 60.8 Å². The fraction of sp³-hybridized carbons (Fsp3) is 0.540. The molecule has 6 heteroatoms. The smallest absolute Gasteiger partial charge is 0.306 e. The summed E-state index contributed by atoms with van der Waals surface area (Å²) in [6.07, 6.45) is 59.0. The Morgan fingerprint density at radius 2 is 0.804 bits per heavy atom. The lowest BCUT2D eigenvalue weighted by atomic mass is 10.1. The highest BCUT2D eigenvalue weighted by atomic mass is 16.6. The number of hydrogen-bond acceptors (Lipinski definition) is 6. The maximum absolute atomic E-state index is 12.7. The molecule has 6 nitrogen and oxygen atoms in total. The number of carbonyl (C=O) groups is 3. The molecule has 0 aromatic heterocycles. The summed E-state index contributed by atoms with van der Waals surface area (Å²) in [6.45, 7) is 6.18. The molecule has 312 valence electrons. The van der Waals surface area contributed by atoms with Gasteiger partial charge in [0.15, 0.2) is 6.10 Å². The molecule has 0 aromatic carbocycles. The van der Waals surface area contributed by atoms with Crippen molar-refractivity contribution in [3.63, 3.8) is 0 Å². The van der Waals surface area contributed by atoms with Gasteiger partial charge in [-0.2, -0.15) is 0 Å². The van der Waals surface area contributed by atoms with Gasteiger partial charge in [0.25, 0.3) is 0 Å². The maximum Gasteiger partial charge on any atom is 0.306 e. The Morgan fingerprint density at radius 3 is 1.38 bits per heavy atom.